The fraction of sp³-hybridized carbons (Fsp3) is 0.120. The molecule has 1 aliphatic heterocycles. The molecule has 0 bridgehead atoms. The molecule has 0 spiro atoms. The Hall–Kier alpha value is -3.17. The van der Waals surface area contributed by atoms with E-state index >= 15 is 0 Å². The molecule has 9 heteroatoms. The van der Waals surface area contributed by atoms with Crippen LogP contribution in [0.4, 0.5) is 13.6 Å². The molecule has 3 aromatic carbocycles. The van der Waals surface area contributed by atoms with Crippen molar-refractivity contribution in [2.45, 2.75) is 13.2 Å². The highest BCUT2D eigenvalue weighted by Gasteiger charge is 2.35. The van der Waals surface area contributed by atoms with E-state index in [-0.39, 0.29) is 29.7 Å². The van der Waals surface area contributed by atoms with Gasteiger partial charge in [0.05, 0.1) is 23.0 Å². The van der Waals surface area contributed by atoms with E-state index in [9.17, 15) is 18.4 Å². The molecular formula is C25H18BrF2NO4S. The van der Waals surface area contributed by atoms with Crippen LogP contribution in [0.1, 0.15) is 16.7 Å². The number of hydrogen-bond acceptors (Lipinski definition) is 5. The van der Waals surface area contributed by atoms with E-state index in [4.69, 9.17) is 9.47 Å². The van der Waals surface area contributed by atoms with Gasteiger partial charge >= 0.3 is 0 Å². The van der Waals surface area contributed by atoms with Gasteiger partial charge in [-0.3, -0.25) is 14.5 Å². The first-order chi connectivity index (χ1) is 16.3. The Morgan fingerprint density at radius 2 is 1.59 bits per heavy atom. The van der Waals surface area contributed by atoms with Gasteiger partial charge in [0.25, 0.3) is 11.1 Å². The molecule has 3 aromatic rings. The molecule has 0 aliphatic carbocycles. The molecule has 0 unspecified atom stereocenters. The zero-order valence-corrected chi connectivity index (χ0v) is 20.3. The average molecular weight is 546 g/mol. The molecule has 34 heavy (non-hydrogen) atoms. The number of halogens is 3. The van der Waals surface area contributed by atoms with E-state index in [1.807, 2.05) is 0 Å². The van der Waals surface area contributed by atoms with Gasteiger partial charge < -0.3 is 9.47 Å². The summed E-state index contributed by atoms with van der Waals surface area (Å²) in [6, 6.07) is 15.1. The van der Waals surface area contributed by atoms with E-state index in [1.54, 1.807) is 30.3 Å². The van der Waals surface area contributed by atoms with Gasteiger partial charge in [-0.1, -0.05) is 24.3 Å². The van der Waals surface area contributed by atoms with Crippen LogP contribution < -0.4 is 9.47 Å². The van der Waals surface area contributed by atoms with Crippen LogP contribution in [-0.2, 0) is 17.9 Å². The Labute approximate surface area is 207 Å². The van der Waals surface area contributed by atoms with Crippen LogP contribution in [0.3, 0.4) is 0 Å². The van der Waals surface area contributed by atoms with Crippen LogP contribution in [-0.4, -0.2) is 23.2 Å². The maximum Gasteiger partial charge on any atom is 0.293 e. The molecule has 0 atom stereocenters. The summed E-state index contributed by atoms with van der Waals surface area (Å²) in [5.41, 5.74) is 2.07. The van der Waals surface area contributed by atoms with Crippen molar-refractivity contribution in [1.29, 1.82) is 0 Å². The lowest BCUT2D eigenvalue weighted by Crippen LogP contribution is -2.27. The summed E-state index contributed by atoms with van der Waals surface area (Å²) in [7, 11) is 1.49. The topological polar surface area (TPSA) is 55.8 Å². The Bertz CT molecular complexity index is 1260. The van der Waals surface area contributed by atoms with Crippen LogP contribution in [0.25, 0.3) is 6.08 Å². The van der Waals surface area contributed by atoms with E-state index in [0.717, 1.165) is 22.2 Å². The second kappa shape index (κ2) is 10.4. The third-order valence-electron chi connectivity index (χ3n) is 4.97. The van der Waals surface area contributed by atoms with Crippen molar-refractivity contribution in [3.05, 3.63) is 98.4 Å². The summed E-state index contributed by atoms with van der Waals surface area (Å²) < 4.78 is 38.1. The highest BCUT2D eigenvalue weighted by atomic mass is 79.9. The molecule has 1 heterocycles. The number of amides is 2. The van der Waals surface area contributed by atoms with E-state index in [1.165, 1.54) is 43.5 Å². The highest BCUT2D eigenvalue weighted by Crippen LogP contribution is 2.39. The van der Waals surface area contributed by atoms with Crippen LogP contribution in [0.2, 0.25) is 0 Å². The lowest BCUT2D eigenvalue weighted by molar-refractivity contribution is -0.123. The number of imide groups is 1. The minimum absolute atomic E-state index is 0.0610. The van der Waals surface area contributed by atoms with E-state index < -0.39 is 11.1 Å². The van der Waals surface area contributed by atoms with Crippen molar-refractivity contribution in [2.24, 2.45) is 0 Å². The fourth-order valence-electron chi connectivity index (χ4n) is 3.26. The van der Waals surface area contributed by atoms with Crippen molar-refractivity contribution < 1.29 is 27.8 Å². The second-order valence-corrected chi connectivity index (χ2v) is 9.19. The Balaban J connectivity index is 1.52. The number of carbonyl (C=O) groups is 2. The summed E-state index contributed by atoms with van der Waals surface area (Å²) in [6.07, 6.45) is 1.60. The lowest BCUT2D eigenvalue weighted by Gasteiger charge is -2.14. The number of benzene rings is 3. The zero-order chi connectivity index (χ0) is 24.2. The summed E-state index contributed by atoms with van der Waals surface area (Å²) in [4.78, 5) is 26.6. The van der Waals surface area contributed by atoms with Crippen molar-refractivity contribution in [1.82, 2.24) is 4.90 Å². The Kier molecular flexibility index (Phi) is 7.33. The first-order valence-corrected chi connectivity index (χ1v) is 11.7. The van der Waals surface area contributed by atoms with Crippen LogP contribution in [0, 0.1) is 11.6 Å². The Morgan fingerprint density at radius 3 is 2.21 bits per heavy atom. The number of thioether (sulfide) groups is 1. The van der Waals surface area contributed by atoms with E-state index in [0.29, 0.717) is 27.1 Å². The first-order valence-electron chi connectivity index (χ1n) is 10.1. The quantitative estimate of drug-likeness (QED) is 0.315. The molecule has 0 aromatic heterocycles. The molecule has 1 aliphatic rings. The zero-order valence-electron chi connectivity index (χ0n) is 17.9. The van der Waals surface area contributed by atoms with Crippen molar-refractivity contribution >= 4 is 44.9 Å². The molecule has 4 rings (SSSR count). The largest absolute Gasteiger partial charge is 0.493 e. The number of rotatable bonds is 7. The minimum Gasteiger partial charge on any atom is -0.493 e. The standard InChI is InChI=1S/C25H18BrF2NO4S/c1-32-21-11-17(10-20(26)23(21)33-14-16-4-8-19(28)9-5-16)12-22-24(30)29(25(31)34-22)13-15-2-6-18(27)7-3-15/h2-12H,13-14H2,1H3/b22-12+. The van der Waals surface area contributed by atoms with Crippen molar-refractivity contribution in [3.8, 4) is 11.5 Å². The predicted octanol–water partition coefficient (Wildman–Crippen LogP) is 6.55. The number of ether oxygens (including phenoxy) is 2. The third kappa shape index (κ3) is 5.48. The van der Waals surface area contributed by atoms with Crippen molar-refractivity contribution in [2.75, 3.05) is 7.11 Å². The maximum absolute atomic E-state index is 13.1. The molecule has 0 N–H and O–H groups in total. The SMILES string of the molecule is COc1cc(/C=C2/SC(=O)N(Cc3ccc(F)cc3)C2=O)cc(Br)c1OCc1ccc(F)cc1. The minimum atomic E-state index is -0.425. The number of hydrogen-bond donors (Lipinski definition) is 0. The van der Waals surface area contributed by atoms with Crippen molar-refractivity contribution in [3.63, 3.8) is 0 Å². The molecule has 1 fully saturated rings. The molecular weight excluding hydrogens is 528 g/mol. The number of carbonyl (C=O) groups excluding carboxylic acids is 2. The summed E-state index contributed by atoms with van der Waals surface area (Å²) in [6.45, 7) is 0.266. The number of methoxy groups -OCH3 is 1. The second-order valence-electron chi connectivity index (χ2n) is 7.34. The van der Waals surface area contributed by atoms with Gasteiger partial charge in [0.2, 0.25) is 0 Å². The molecule has 0 saturated carbocycles. The van der Waals surface area contributed by atoms with Crippen LogP contribution >= 0.6 is 27.7 Å². The van der Waals surface area contributed by atoms with Gasteiger partial charge in [-0.25, -0.2) is 8.78 Å². The molecule has 2 amide bonds. The average Bonchev–Trinajstić information content (AvgIpc) is 3.07. The monoisotopic (exact) mass is 545 g/mol. The van der Waals surface area contributed by atoms with Gasteiger partial charge in [0, 0.05) is 0 Å². The highest BCUT2D eigenvalue weighted by molar-refractivity contribution is 9.10. The first kappa shape index (κ1) is 24.0. The molecule has 1 saturated heterocycles. The maximum atomic E-state index is 13.1. The Morgan fingerprint density at radius 1 is 0.971 bits per heavy atom. The van der Waals surface area contributed by atoms with E-state index in [2.05, 4.69) is 15.9 Å². The van der Waals surface area contributed by atoms with Crippen LogP contribution in [0.15, 0.2) is 70.0 Å². The van der Waals surface area contributed by atoms with Gasteiger partial charge in [0.1, 0.15) is 18.2 Å². The lowest BCUT2D eigenvalue weighted by atomic mass is 10.1. The normalized spacial score (nSPS) is 14.7. The van der Waals surface area contributed by atoms with Gasteiger partial charge in [-0.05, 0) is 86.9 Å². The summed E-state index contributed by atoms with van der Waals surface area (Å²) in [5.74, 6) is -0.260. The summed E-state index contributed by atoms with van der Waals surface area (Å²) in [5, 5.41) is -0.397. The molecule has 5 nitrogen and oxygen atoms in total. The molecule has 174 valence electrons. The predicted molar refractivity (Wildman–Crippen MR) is 129 cm³/mol. The van der Waals surface area contributed by atoms with Crippen LogP contribution in [0.5, 0.6) is 11.5 Å². The summed E-state index contributed by atoms with van der Waals surface area (Å²) >= 11 is 4.31. The van der Waals surface area contributed by atoms with Gasteiger partial charge in [0.15, 0.2) is 11.5 Å². The van der Waals surface area contributed by atoms with Gasteiger partial charge in [-0.2, -0.15) is 0 Å². The smallest absolute Gasteiger partial charge is 0.293 e. The third-order valence-corrected chi connectivity index (χ3v) is 6.47. The molecule has 0 radical (unpaired) electrons. The number of nitrogens with zero attached hydrogens (tertiary/aromatic N) is 1. The fourth-order valence-corrected chi connectivity index (χ4v) is 4.67. The van der Waals surface area contributed by atoms with Gasteiger partial charge in [-0.15, -0.1) is 0 Å².